The van der Waals surface area contributed by atoms with Gasteiger partial charge in [-0.05, 0) is 68.3 Å². The zero-order valence-electron chi connectivity index (χ0n) is 17.4. The third-order valence-electron chi connectivity index (χ3n) is 4.22. The quantitative estimate of drug-likeness (QED) is 0.548. The van der Waals surface area contributed by atoms with E-state index in [0.717, 1.165) is 11.1 Å². The van der Waals surface area contributed by atoms with Gasteiger partial charge in [0.1, 0.15) is 11.5 Å². The van der Waals surface area contributed by atoms with Crippen molar-refractivity contribution in [2.45, 2.75) is 33.6 Å². The maximum atomic E-state index is 11.9. The average Bonchev–Trinajstić information content (AvgIpc) is 2.73. The molecule has 8 heteroatoms. The van der Waals surface area contributed by atoms with Gasteiger partial charge in [-0.15, -0.1) is 0 Å². The molecule has 0 atom stereocenters. The number of hydrogen-bond acceptors (Lipinski definition) is 5. The molecule has 0 saturated heterocycles. The number of aryl methyl sites for hydroxylation is 2. The van der Waals surface area contributed by atoms with Gasteiger partial charge in [-0.3, -0.25) is 25.2 Å². The minimum Gasteiger partial charge on any atom is -0.494 e. The number of anilines is 1. The van der Waals surface area contributed by atoms with E-state index in [2.05, 4.69) is 16.2 Å². The number of carbonyl (C=O) groups is 3. The molecule has 0 bridgehead atoms. The summed E-state index contributed by atoms with van der Waals surface area (Å²) >= 11 is 0. The summed E-state index contributed by atoms with van der Waals surface area (Å²) in [5.41, 5.74) is 7.33. The third-order valence-corrected chi connectivity index (χ3v) is 4.22. The molecular formula is C22H27N3O5. The maximum Gasteiger partial charge on any atom is 0.276 e. The Kier molecular flexibility index (Phi) is 8.68. The highest BCUT2D eigenvalue weighted by molar-refractivity contribution is 5.93. The molecule has 0 saturated carbocycles. The van der Waals surface area contributed by atoms with Crippen LogP contribution in [0.1, 0.15) is 30.9 Å². The van der Waals surface area contributed by atoms with Crippen LogP contribution in [0.3, 0.4) is 0 Å². The molecule has 0 aliphatic rings. The van der Waals surface area contributed by atoms with E-state index in [1.165, 1.54) is 0 Å². The SMILES string of the molecule is CCOc1ccc(NC(=O)CCC(=O)NNC(=O)COc2ccc(C)c(C)c2)cc1. The van der Waals surface area contributed by atoms with Crippen LogP contribution in [0.25, 0.3) is 0 Å². The lowest BCUT2D eigenvalue weighted by atomic mass is 10.1. The molecule has 0 aliphatic carbocycles. The summed E-state index contributed by atoms with van der Waals surface area (Å²) in [5.74, 6) is 0.00755. The van der Waals surface area contributed by atoms with Crippen LogP contribution in [0.15, 0.2) is 42.5 Å². The van der Waals surface area contributed by atoms with Gasteiger partial charge in [0.2, 0.25) is 11.8 Å². The summed E-state index contributed by atoms with van der Waals surface area (Å²) in [6.07, 6.45) is -0.0881. The van der Waals surface area contributed by atoms with Crippen molar-refractivity contribution in [3.05, 3.63) is 53.6 Å². The fourth-order valence-electron chi connectivity index (χ4n) is 2.44. The van der Waals surface area contributed by atoms with Crippen LogP contribution in [0.5, 0.6) is 11.5 Å². The lowest BCUT2D eigenvalue weighted by Gasteiger charge is -2.10. The minimum atomic E-state index is -0.500. The molecule has 30 heavy (non-hydrogen) atoms. The van der Waals surface area contributed by atoms with E-state index in [0.29, 0.717) is 23.8 Å². The van der Waals surface area contributed by atoms with E-state index in [1.54, 1.807) is 30.3 Å². The van der Waals surface area contributed by atoms with E-state index >= 15 is 0 Å². The molecule has 0 aliphatic heterocycles. The highest BCUT2D eigenvalue weighted by Crippen LogP contribution is 2.17. The van der Waals surface area contributed by atoms with E-state index < -0.39 is 11.8 Å². The van der Waals surface area contributed by atoms with Crippen molar-refractivity contribution in [1.29, 1.82) is 0 Å². The van der Waals surface area contributed by atoms with Crippen LogP contribution < -0.4 is 25.6 Å². The number of carbonyl (C=O) groups excluding carboxylic acids is 3. The van der Waals surface area contributed by atoms with Crippen LogP contribution in [0.2, 0.25) is 0 Å². The normalized spacial score (nSPS) is 10.1. The number of ether oxygens (including phenoxy) is 2. The largest absolute Gasteiger partial charge is 0.494 e. The van der Waals surface area contributed by atoms with Crippen molar-refractivity contribution in [1.82, 2.24) is 10.9 Å². The lowest BCUT2D eigenvalue weighted by molar-refractivity contribution is -0.130. The highest BCUT2D eigenvalue weighted by atomic mass is 16.5. The van der Waals surface area contributed by atoms with Gasteiger partial charge in [-0.1, -0.05) is 6.07 Å². The van der Waals surface area contributed by atoms with E-state index in [-0.39, 0.29) is 25.4 Å². The van der Waals surface area contributed by atoms with Gasteiger partial charge in [-0.25, -0.2) is 0 Å². The summed E-state index contributed by atoms with van der Waals surface area (Å²) in [5, 5.41) is 2.70. The third kappa shape index (κ3) is 7.83. The second-order valence-electron chi connectivity index (χ2n) is 6.64. The molecule has 2 aromatic rings. The number of nitrogens with one attached hydrogen (secondary N) is 3. The molecule has 0 spiro atoms. The average molecular weight is 413 g/mol. The van der Waals surface area contributed by atoms with Gasteiger partial charge in [0.05, 0.1) is 6.61 Å². The Bertz CT molecular complexity index is 881. The maximum absolute atomic E-state index is 11.9. The van der Waals surface area contributed by atoms with Crippen molar-refractivity contribution in [2.24, 2.45) is 0 Å². The fourth-order valence-corrected chi connectivity index (χ4v) is 2.44. The first-order chi connectivity index (χ1) is 14.4. The molecule has 0 fully saturated rings. The number of hydrazine groups is 1. The predicted molar refractivity (Wildman–Crippen MR) is 113 cm³/mol. The monoisotopic (exact) mass is 413 g/mol. The molecular weight excluding hydrogens is 386 g/mol. The van der Waals surface area contributed by atoms with Gasteiger partial charge in [0, 0.05) is 18.5 Å². The first-order valence-corrected chi connectivity index (χ1v) is 9.68. The highest BCUT2D eigenvalue weighted by Gasteiger charge is 2.09. The summed E-state index contributed by atoms with van der Waals surface area (Å²) in [6, 6.07) is 12.5. The van der Waals surface area contributed by atoms with Crippen molar-refractivity contribution in [3.63, 3.8) is 0 Å². The van der Waals surface area contributed by atoms with Crippen LogP contribution >= 0.6 is 0 Å². The second kappa shape index (κ2) is 11.5. The Morgan fingerprint density at radius 3 is 2.07 bits per heavy atom. The minimum absolute atomic E-state index is 0.0198. The van der Waals surface area contributed by atoms with Gasteiger partial charge in [-0.2, -0.15) is 0 Å². The van der Waals surface area contributed by atoms with Gasteiger partial charge in [0.25, 0.3) is 5.91 Å². The van der Waals surface area contributed by atoms with Crippen LogP contribution in [0, 0.1) is 13.8 Å². The molecule has 2 aromatic carbocycles. The molecule has 0 unspecified atom stereocenters. The van der Waals surface area contributed by atoms with E-state index in [9.17, 15) is 14.4 Å². The Morgan fingerprint density at radius 1 is 0.767 bits per heavy atom. The number of amides is 3. The summed E-state index contributed by atoms with van der Waals surface area (Å²) in [6.45, 7) is 6.16. The summed E-state index contributed by atoms with van der Waals surface area (Å²) in [7, 11) is 0. The molecule has 0 radical (unpaired) electrons. The molecule has 2 rings (SSSR count). The van der Waals surface area contributed by atoms with Crippen molar-refractivity contribution < 1.29 is 23.9 Å². The molecule has 3 N–H and O–H groups in total. The van der Waals surface area contributed by atoms with Gasteiger partial charge in [0.15, 0.2) is 6.61 Å². The molecule has 3 amide bonds. The Balaban J connectivity index is 1.64. The second-order valence-corrected chi connectivity index (χ2v) is 6.64. The first-order valence-electron chi connectivity index (χ1n) is 9.68. The Hall–Kier alpha value is -3.55. The van der Waals surface area contributed by atoms with E-state index in [1.807, 2.05) is 32.9 Å². The molecule has 160 valence electrons. The Labute approximate surface area is 175 Å². The number of hydrogen-bond donors (Lipinski definition) is 3. The summed E-state index contributed by atoms with van der Waals surface area (Å²) in [4.78, 5) is 35.5. The molecule has 0 aromatic heterocycles. The fraction of sp³-hybridized carbons (Fsp3) is 0.318. The number of benzene rings is 2. The van der Waals surface area contributed by atoms with Crippen molar-refractivity contribution >= 4 is 23.4 Å². The van der Waals surface area contributed by atoms with Crippen molar-refractivity contribution in [2.75, 3.05) is 18.5 Å². The van der Waals surface area contributed by atoms with Crippen LogP contribution in [0.4, 0.5) is 5.69 Å². The lowest BCUT2D eigenvalue weighted by Crippen LogP contribution is -2.44. The predicted octanol–water partition coefficient (Wildman–Crippen LogP) is 2.65. The zero-order chi connectivity index (χ0) is 21.9. The standard InChI is InChI=1S/C22H27N3O5/c1-4-29-18-9-6-17(7-10-18)23-20(26)11-12-21(27)24-25-22(28)14-30-19-8-5-15(2)16(3)13-19/h5-10,13H,4,11-12,14H2,1-3H3,(H,23,26)(H,24,27)(H,25,28). The molecule has 0 heterocycles. The van der Waals surface area contributed by atoms with Crippen LogP contribution in [-0.4, -0.2) is 30.9 Å². The van der Waals surface area contributed by atoms with Crippen LogP contribution in [-0.2, 0) is 14.4 Å². The van der Waals surface area contributed by atoms with Gasteiger partial charge < -0.3 is 14.8 Å². The summed E-state index contributed by atoms with van der Waals surface area (Å²) < 4.78 is 10.7. The Morgan fingerprint density at radius 2 is 1.40 bits per heavy atom. The molecule has 8 nitrogen and oxygen atoms in total. The van der Waals surface area contributed by atoms with Gasteiger partial charge >= 0.3 is 0 Å². The zero-order valence-corrected chi connectivity index (χ0v) is 17.4. The topological polar surface area (TPSA) is 106 Å². The smallest absolute Gasteiger partial charge is 0.276 e. The number of rotatable bonds is 9. The first kappa shape index (κ1) is 22.7. The van der Waals surface area contributed by atoms with Crippen molar-refractivity contribution in [3.8, 4) is 11.5 Å². The van der Waals surface area contributed by atoms with E-state index in [4.69, 9.17) is 9.47 Å².